The molecule has 1 aliphatic heterocycles. The molecular weight excluding hydrogens is 759 g/mol. The molecular formula is C48H32BrN4OP. The number of para-hydroxylation sites is 4. The third kappa shape index (κ3) is 4.75. The summed E-state index contributed by atoms with van der Waals surface area (Å²) < 4.78 is 26.5. The molecule has 1 aliphatic rings. The molecule has 0 amide bonds. The van der Waals surface area contributed by atoms with Crippen LogP contribution in [0.5, 0.6) is 0 Å². The minimum Gasteiger partial charge on any atom is -0.309 e. The molecule has 0 N–H and O–H groups in total. The van der Waals surface area contributed by atoms with E-state index in [1.165, 1.54) is 0 Å². The van der Waals surface area contributed by atoms with Crippen LogP contribution < -0.4 is 14.6 Å². The summed E-state index contributed by atoms with van der Waals surface area (Å²) in [6.07, 6.45) is 0. The van der Waals surface area contributed by atoms with Gasteiger partial charge in [0.2, 0.25) is 0 Å². The van der Waals surface area contributed by atoms with Crippen LogP contribution in [0, 0.1) is 0 Å². The molecule has 1 unspecified atom stereocenters. The molecule has 10 aromatic rings. The van der Waals surface area contributed by atoms with Crippen LogP contribution in [-0.2, 0) is 4.57 Å². The van der Waals surface area contributed by atoms with Crippen molar-refractivity contribution in [1.29, 1.82) is 0 Å². The first-order chi connectivity index (χ1) is 27.1. The maximum atomic E-state index is 16.7. The van der Waals surface area contributed by atoms with Crippen LogP contribution in [0.2, 0.25) is 0 Å². The number of rotatable bonds is 5. The molecule has 262 valence electrons. The molecule has 5 nitrogen and oxygen atoms in total. The SMILES string of the molecule is O=P1(c2ccccc2)N(c2ccc3c(c2)c2ccccc2n3-c2ccccc2)c2ccc(Br)cc2N1c1ccc2c(c1)c1ccccc1n2-c1ccccc1. The van der Waals surface area contributed by atoms with Gasteiger partial charge in [-0.15, -0.1) is 0 Å². The Morgan fingerprint density at radius 2 is 0.800 bits per heavy atom. The Hall–Kier alpha value is -6.33. The van der Waals surface area contributed by atoms with Crippen molar-refractivity contribution in [3.63, 3.8) is 0 Å². The largest absolute Gasteiger partial charge is 0.309 e. The molecule has 7 heteroatoms. The van der Waals surface area contributed by atoms with Gasteiger partial charge in [-0.25, -0.2) is 0 Å². The third-order valence-electron chi connectivity index (χ3n) is 10.9. The van der Waals surface area contributed by atoms with E-state index in [0.29, 0.717) is 0 Å². The zero-order chi connectivity index (χ0) is 36.7. The highest BCUT2D eigenvalue weighted by Crippen LogP contribution is 2.70. The van der Waals surface area contributed by atoms with Crippen LogP contribution in [0.3, 0.4) is 0 Å². The molecule has 0 spiro atoms. The van der Waals surface area contributed by atoms with Crippen LogP contribution in [-0.4, -0.2) is 9.13 Å². The van der Waals surface area contributed by atoms with Crippen molar-refractivity contribution in [3.05, 3.63) is 199 Å². The molecule has 11 rings (SSSR count). The molecule has 0 aliphatic carbocycles. The summed E-state index contributed by atoms with van der Waals surface area (Å²) in [7, 11) is -3.64. The predicted molar refractivity (Wildman–Crippen MR) is 234 cm³/mol. The van der Waals surface area contributed by atoms with Gasteiger partial charge in [-0.05, 0) is 103 Å². The Kier molecular flexibility index (Phi) is 7.22. The van der Waals surface area contributed by atoms with E-state index < -0.39 is 7.44 Å². The fraction of sp³-hybridized carbons (Fsp3) is 0. The van der Waals surface area contributed by atoms with Crippen molar-refractivity contribution in [3.8, 4) is 11.4 Å². The number of halogens is 1. The van der Waals surface area contributed by atoms with Gasteiger partial charge in [0, 0.05) is 37.4 Å². The normalized spacial score (nSPS) is 15.4. The van der Waals surface area contributed by atoms with Crippen molar-refractivity contribution >= 4 is 95.0 Å². The Morgan fingerprint density at radius 3 is 1.33 bits per heavy atom. The second kappa shape index (κ2) is 12.4. The van der Waals surface area contributed by atoms with E-state index in [2.05, 4.69) is 180 Å². The minimum absolute atomic E-state index is 0.751. The molecule has 0 saturated carbocycles. The highest BCUT2D eigenvalue weighted by Gasteiger charge is 2.49. The summed E-state index contributed by atoms with van der Waals surface area (Å²) in [5.41, 5.74) is 10.1. The number of benzene rings is 8. The fourth-order valence-corrected chi connectivity index (χ4v) is 11.9. The van der Waals surface area contributed by atoms with E-state index in [4.69, 9.17) is 0 Å². The Labute approximate surface area is 326 Å². The number of anilines is 4. The van der Waals surface area contributed by atoms with E-state index >= 15 is 4.57 Å². The highest BCUT2D eigenvalue weighted by molar-refractivity contribution is 9.10. The smallest absolute Gasteiger partial charge is 0.301 e. The molecule has 0 radical (unpaired) electrons. The molecule has 55 heavy (non-hydrogen) atoms. The Morgan fingerprint density at radius 1 is 0.364 bits per heavy atom. The summed E-state index contributed by atoms with van der Waals surface area (Å²) in [6.45, 7) is 0. The van der Waals surface area contributed by atoms with Crippen molar-refractivity contribution in [2.24, 2.45) is 0 Å². The maximum Gasteiger partial charge on any atom is 0.301 e. The number of hydrogen-bond donors (Lipinski definition) is 0. The summed E-state index contributed by atoms with van der Waals surface area (Å²) in [6, 6.07) is 67.3. The van der Waals surface area contributed by atoms with Gasteiger partial charge in [-0.3, -0.25) is 13.9 Å². The predicted octanol–water partition coefficient (Wildman–Crippen LogP) is 13.5. The minimum atomic E-state index is -3.64. The fourth-order valence-electron chi connectivity index (χ4n) is 8.57. The van der Waals surface area contributed by atoms with Gasteiger partial charge in [0.25, 0.3) is 0 Å². The van der Waals surface area contributed by atoms with Gasteiger partial charge in [0.15, 0.2) is 0 Å². The summed E-state index contributed by atoms with van der Waals surface area (Å²) in [5.74, 6) is 0. The first-order valence-electron chi connectivity index (χ1n) is 18.3. The van der Waals surface area contributed by atoms with Crippen LogP contribution >= 0.6 is 23.4 Å². The lowest BCUT2D eigenvalue weighted by Crippen LogP contribution is -2.26. The quantitative estimate of drug-likeness (QED) is 0.163. The average molecular weight is 792 g/mol. The summed E-state index contributed by atoms with van der Waals surface area (Å²) >= 11 is 3.78. The van der Waals surface area contributed by atoms with Gasteiger partial charge in [0.05, 0.1) is 50.1 Å². The second-order valence-electron chi connectivity index (χ2n) is 13.9. The van der Waals surface area contributed by atoms with E-state index in [0.717, 1.165) is 87.5 Å². The van der Waals surface area contributed by atoms with Crippen molar-refractivity contribution in [1.82, 2.24) is 9.13 Å². The Bertz CT molecular complexity index is 3160. The van der Waals surface area contributed by atoms with Gasteiger partial charge in [0.1, 0.15) is 0 Å². The zero-order valence-electron chi connectivity index (χ0n) is 29.5. The molecule has 1 atom stereocenters. The van der Waals surface area contributed by atoms with Crippen LogP contribution in [0.15, 0.2) is 199 Å². The first-order valence-corrected chi connectivity index (χ1v) is 20.7. The molecule has 0 saturated heterocycles. The third-order valence-corrected chi connectivity index (χ3v) is 14.3. The first kappa shape index (κ1) is 32.1. The molecule has 0 fully saturated rings. The monoisotopic (exact) mass is 790 g/mol. The second-order valence-corrected chi connectivity index (χ2v) is 17.2. The van der Waals surface area contributed by atoms with Gasteiger partial charge in [-0.1, -0.05) is 107 Å². The zero-order valence-corrected chi connectivity index (χ0v) is 32.0. The van der Waals surface area contributed by atoms with E-state index in [9.17, 15) is 0 Å². The van der Waals surface area contributed by atoms with Crippen LogP contribution in [0.4, 0.5) is 22.7 Å². The van der Waals surface area contributed by atoms with Crippen molar-refractivity contribution in [2.45, 2.75) is 0 Å². The lowest BCUT2D eigenvalue weighted by Gasteiger charge is -2.33. The molecule has 2 aromatic heterocycles. The van der Waals surface area contributed by atoms with Crippen LogP contribution in [0.25, 0.3) is 55.0 Å². The lowest BCUT2D eigenvalue weighted by molar-refractivity contribution is 0.582. The highest BCUT2D eigenvalue weighted by atomic mass is 79.9. The maximum absolute atomic E-state index is 16.7. The summed E-state index contributed by atoms with van der Waals surface area (Å²) in [4.78, 5) is 0. The number of nitrogens with zero attached hydrogens (tertiary/aromatic N) is 4. The number of hydrogen-bond acceptors (Lipinski definition) is 1. The van der Waals surface area contributed by atoms with Gasteiger partial charge in [-0.2, -0.15) is 0 Å². The molecule has 3 heterocycles. The van der Waals surface area contributed by atoms with Gasteiger partial charge >= 0.3 is 7.44 Å². The molecule has 8 aromatic carbocycles. The number of aromatic nitrogens is 2. The van der Waals surface area contributed by atoms with Crippen molar-refractivity contribution in [2.75, 3.05) is 9.34 Å². The lowest BCUT2D eigenvalue weighted by atomic mass is 10.1. The van der Waals surface area contributed by atoms with Gasteiger partial charge < -0.3 is 9.13 Å². The van der Waals surface area contributed by atoms with E-state index in [1.54, 1.807) is 0 Å². The van der Waals surface area contributed by atoms with Crippen LogP contribution in [0.1, 0.15) is 0 Å². The van der Waals surface area contributed by atoms with E-state index in [-0.39, 0.29) is 0 Å². The Balaban J connectivity index is 1.17. The van der Waals surface area contributed by atoms with Crippen molar-refractivity contribution < 1.29 is 4.57 Å². The van der Waals surface area contributed by atoms with E-state index in [1.807, 2.05) is 48.5 Å². The standard InChI is InChI=1S/C48H32BrN4OP/c49-33-24-27-47-48(30-33)53(37-26-29-46-42(32-37)40-21-11-13-23-44(40)51(46)35-16-6-2-7-17-35)55(54,38-18-8-3-9-19-38)52(47)36-25-28-45-41(31-36)39-20-10-12-22-43(39)50(45)34-14-4-1-5-15-34/h1-32H. The summed E-state index contributed by atoms with van der Waals surface area (Å²) in [5, 5.41) is 5.24. The average Bonchev–Trinajstić information content (AvgIpc) is 3.84. The number of fused-ring (bicyclic) bond motifs is 7. The molecule has 0 bridgehead atoms. The topological polar surface area (TPSA) is 33.4 Å².